The van der Waals surface area contributed by atoms with Crippen LogP contribution in [0.4, 0.5) is 0 Å². The van der Waals surface area contributed by atoms with Gasteiger partial charge in [0.1, 0.15) is 0 Å². The van der Waals surface area contributed by atoms with Gasteiger partial charge in [-0.3, -0.25) is 0 Å². The van der Waals surface area contributed by atoms with Crippen molar-refractivity contribution in [1.82, 2.24) is 0 Å². The lowest BCUT2D eigenvalue weighted by Crippen LogP contribution is -2.10. The summed E-state index contributed by atoms with van der Waals surface area (Å²) in [6.07, 6.45) is 2.55. The molecule has 2 N–H and O–H groups in total. The molecule has 1 heterocycles. The van der Waals surface area contributed by atoms with Crippen LogP contribution in [0.1, 0.15) is 29.3 Å². The minimum absolute atomic E-state index is 0.215. The second-order valence-electron chi connectivity index (χ2n) is 5.05. The molecule has 1 aromatic heterocycles. The van der Waals surface area contributed by atoms with E-state index in [1.807, 2.05) is 12.1 Å². The van der Waals surface area contributed by atoms with E-state index in [4.69, 9.17) is 17.3 Å². The summed E-state index contributed by atoms with van der Waals surface area (Å²) in [5.41, 5.74) is 8.59. The maximum Gasteiger partial charge on any atom is 0.0492 e. The Bertz CT molecular complexity index is 572. The summed E-state index contributed by atoms with van der Waals surface area (Å²) in [7, 11) is 0. The molecule has 1 fully saturated rings. The van der Waals surface area contributed by atoms with Crippen LogP contribution < -0.4 is 5.73 Å². The highest BCUT2D eigenvalue weighted by molar-refractivity contribution is 7.15. The molecule has 0 amide bonds. The maximum atomic E-state index is 6.27. The van der Waals surface area contributed by atoms with Gasteiger partial charge in [0, 0.05) is 26.4 Å². The van der Waals surface area contributed by atoms with Crippen molar-refractivity contribution in [2.75, 3.05) is 0 Å². The lowest BCUT2D eigenvalue weighted by atomic mass is 10.1. The highest BCUT2D eigenvalue weighted by atomic mass is 35.5. The molecule has 1 aliphatic rings. The van der Waals surface area contributed by atoms with Gasteiger partial charge in [0.25, 0.3) is 0 Å². The molecule has 1 atom stereocenters. The zero-order chi connectivity index (χ0) is 12.7. The smallest absolute Gasteiger partial charge is 0.0492 e. The van der Waals surface area contributed by atoms with E-state index in [2.05, 4.69) is 25.1 Å². The minimum Gasteiger partial charge on any atom is -0.323 e. The van der Waals surface area contributed by atoms with Crippen LogP contribution >= 0.6 is 22.9 Å². The van der Waals surface area contributed by atoms with Crippen molar-refractivity contribution in [1.29, 1.82) is 0 Å². The SMILES string of the molecule is Cc1ccc(Cl)c(-c2ccc(C(N)C3CC3)s2)c1. The Balaban J connectivity index is 1.94. The van der Waals surface area contributed by atoms with Gasteiger partial charge in [0.05, 0.1) is 0 Å². The lowest BCUT2D eigenvalue weighted by molar-refractivity contribution is 0.645. The molecule has 94 valence electrons. The van der Waals surface area contributed by atoms with E-state index in [0.717, 1.165) is 10.6 Å². The molecule has 3 rings (SSSR count). The first-order valence-corrected chi connectivity index (χ1v) is 7.46. The van der Waals surface area contributed by atoms with Crippen molar-refractivity contribution >= 4 is 22.9 Å². The van der Waals surface area contributed by atoms with Gasteiger partial charge in [-0.25, -0.2) is 0 Å². The van der Waals surface area contributed by atoms with Crippen molar-refractivity contribution in [2.24, 2.45) is 11.7 Å². The lowest BCUT2D eigenvalue weighted by Gasteiger charge is -2.06. The number of benzene rings is 1. The average molecular weight is 278 g/mol. The van der Waals surface area contributed by atoms with Gasteiger partial charge in [-0.15, -0.1) is 11.3 Å². The Morgan fingerprint density at radius 1 is 1.28 bits per heavy atom. The fourth-order valence-corrected chi connectivity index (χ4v) is 3.60. The van der Waals surface area contributed by atoms with Crippen LogP contribution in [-0.2, 0) is 0 Å². The molecular formula is C15H16ClNS. The molecule has 1 aromatic carbocycles. The standard InChI is InChI=1S/C15H16ClNS/c1-9-2-5-12(16)11(8-9)13-6-7-14(18-13)15(17)10-3-4-10/h2,5-8,10,15H,3-4,17H2,1H3. The Kier molecular flexibility index (Phi) is 3.18. The summed E-state index contributed by atoms with van der Waals surface area (Å²) in [6.45, 7) is 2.09. The summed E-state index contributed by atoms with van der Waals surface area (Å²) in [6, 6.07) is 10.7. The van der Waals surface area contributed by atoms with E-state index in [1.165, 1.54) is 28.2 Å². The third kappa shape index (κ3) is 2.33. The van der Waals surface area contributed by atoms with Crippen molar-refractivity contribution in [3.8, 4) is 10.4 Å². The topological polar surface area (TPSA) is 26.0 Å². The van der Waals surface area contributed by atoms with Crippen molar-refractivity contribution < 1.29 is 0 Å². The summed E-state index contributed by atoms with van der Waals surface area (Å²) in [4.78, 5) is 2.50. The fraction of sp³-hybridized carbons (Fsp3) is 0.333. The molecule has 18 heavy (non-hydrogen) atoms. The molecule has 0 bridgehead atoms. The second kappa shape index (κ2) is 4.69. The third-order valence-electron chi connectivity index (χ3n) is 3.47. The summed E-state index contributed by atoms with van der Waals surface area (Å²) < 4.78 is 0. The quantitative estimate of drug-likeness (QED) is 0.858. The van der Waals surface area contributed by atoms with E-state index in [1.54, 1.807) is 11.3 Å². The van der Waals surface area contributed by atoms with Crippen LogP contribution in [0.3, 0.4) is 0 Å². The number of thiophene rings is 1. The largest absolute Gasteiger partial charge is 0.323 e. The highest BCUT2D eigenvalue weighted by Gasteiger charge is 2.30. The zero-order valence-corrected chi connectivity index (χ0v) is 11.9. The number of hydrogen-bond acceptors (Lipinski definition) is 2. The van der Waals surface area contributed by atoms with E-state index in [9.17, 15) is 0 Å². The average Bonchev–Trinajstić information content (AvgIpc) is 3.09. The summed E-state index contributed by atoms with van der Waals surface area (Å²) in [5.74, 6) is 0.699. The first-order chi connectivity index (χ1) is 8.65. The van der Waals surface area contributed by atoms with Crippen LogP contribution in [-0.4, -0.2) is 0 Å². The van der Waals surface area contributed by atoms with Crippen LogP contribution in [0.5, 0.6) is 0 Å². The highest BCUT2D eigenvalue weighted by Crippen LogP contribution is 2.43. The van der Waals surface area contributed by atoms with Crippen LogP contribution in [0.15, 0.2) is 30.3 Å². The van der Waals surface area contributed by atoms with E-state index in [-0.39, 0.29) is 6.04 Å². The molecule has 3 heteroatoms. The molecule has 0 radical (unpaired) electrons. The van der Waals surface area contributed by atoms with Gasteiger partial charge < -0.3 is 5.73 Å². The monoisotopic (exact) mass is 277 g/mol. The summed E-state index contributed by atoms with van der Waals surface area (Å²) >= 11 is 8.05. The van der Waals surface area contributed by atoms with Gasteiger partial charge >= 0.3 is 0 Å². The molecule has 0 spiro atoms. The van der Waals surface area contributed by atoms with Crippen molar-refractivity contribution in [3.05, 3.63) is 45.8 Å². The normalized spacial score (nSPS) is 16.8. The third-order valence-corrected chi connectivity index (χ3v) is 5.02. The van der Waals surface area contributed by atoms with Crippen LogP contribution in [0.2, 0.25) is 5.02 Å². The Morgan fingerprint density at radius 3 is 2.78 bits per heavy atom. The van der Waals surface area contributed by atoms with Gasteiger partial charge in [-0.2, -0.15) is 0 Å². The number of halogens is 1. The fourth-order valence-electron chi connectivity index (χ4n) is 2.19. The number of aryl methyl sites for hydroxylation is 1. The van der Waals surface area contributed by atoms with Crippen LogP contribution in [0, 0.1) is 12.8 Å². The molecule has 1 unspecified atom stereocenters. The van der Waals surface area contributed by atoms with E-state index in [0.29, 0.717) is 5.92 Å². The molecule has 1 aliphatic carbocycles. The van der Waals surface area contributed by atoms with Crippen molar-refractivity contribution in [3.63, 3.8) is 0 Å². The molecule has 0 saturated heterocycles. The molecule has 0 aliphatic heterocycles. The predicted molar refractivity (Wildman–Crippen MR) is 79.2 cm³/mol. The van der Waals surface area contributed by atoms with E-state index < -0.39 is 0 Å². The maximum absolute atomic E-state index is 6.27. The number of nitrogens with two attached hydrogens (primary N) is 1. The molecule has 2 aromatic rings. The minimum atomic E-state index is 0.215. The van der Waals surface area contributed by atoms with Gasteiger partial charge in [0.15, 0.2) is 0 Å². The van der Waals surface area contributed by atoms with Gasteiger partial charge in [0.2, 0.25) is 0 Å². The Labute approximate surface area is 117 Å². The molecular weight excluding hydrogens is 262 g/mol. The predicted octanol–water partition coefficient (Wildman–Crippen LogP) is 4.79. The Hall–Kier alpha value is -0.830. The molecule has 1 nitrogen and oxygen atoms in total. The molecule has 1 saturated carbocycles. The van der Waals surface area contributed by atoms with Gasteiger partial charge in [-0.1, -0.05) is 23.2 Å². The first-order valence-electron chi connectivity index (χ1n) is 6.27. The first kappa shape index (κ1) is 12.2. The number of hydrogen-bond donors (Lipinski definition) is 1. The van der Waals surface area contributed by atoms with Crippen molar-refractivity contribution in [2.45, 2.75) is 25.8 Å². The van der Waals surface area contributed by atoms with Gasteiger partial charge in [-0.05, 0) is 49.9 Å². The van der Waals surface area contributed by atoms with Crippen LogP contribution in [0.25, 0.3) is 10.4 Å². The number of rotatable bonds is 3. The van der Waals surface area contributed by atoms with E-state index >= 15 is 0 Å². The zero-order valence-electron chi connectivity index (χ0n) is 10.3. The summed E-state index contributed by atoms with van der Waals surface area (Å²) in [5, 5.41) is 0.814. The Morgan fingerprint density at radius 2 is 2.06 bits per heavy atom. The second-order valence-corrected chi connectivity index (χ2v) is 6.57.